The molecule has 21 heavy (non-hydrogen) atoms. The molecule has 0 bridgehead atoms. The molecule has 2 nitrogen and oxygen atoms in total. The molecular formula is C18H27BrN2. The van der Waals surface area contributed by atoms with Crippen LogP contribution in [0.15, 0.2) is 50.6 Å². The fourth-order valence-electron chi connectivity index (χ4n) is 2.36. The van der Waals surface area contributed by atoms with Crippen LogP contribution in [-0.4, -0.2) is 24.3 Å². The molecule has 1 rings (SSSR count). The average Bonchev–Trinajstić information content (AvgIpc) is 2.72. The Morgan fingerprint density at radius 2 is 2.05 bits per heavy atom. The highest BCUT2D eigenvalue weighted by Crippen LogP contribution is 2.28. The Morgan fingerprint density at radius 3 is 2.57 bits per heavy atom. The number of hydrogen-bond acceptors (Lipinski definition) is 1. The molecule has 0 saturated carbocycles. The Kier molecular flexibility index (Phi) is 7.73. The van der Waals surface area contributed by atoms with E-state index in [1.165, 1.54) is 16.7 Å². The molecule has 0 saturated heterocycles. The van der Waals surface area contributed by atoms with Crippen molar-refractivity contribution >= 4 is 21.8 Å². The minimum absolute atomic E-state index is 0.879. The van der Waals surface area contributed by atoms with Gasteiger partial charge in [-0.2, -0.15) is 0 Å². The van der Waals surface area contributed by atoms with Crippen LogP contribution in [0.1, 0.15) is 47.0 Å². The van der Waals surface area contributed by atoms with Gasteiger partial charge in [0.2, 0.25) is 0 Å². The zero-order chi connectivity index (χ0) is 15.8. The van der Waals surface area contributed by atoms with Crippen molar-refractivity contribution in [3.8, 4) is 0 Å². The normalized spacial score (nSPS) is 17.0. The van der Waals surface area contributed by atoms with Gasteiger partial charge in [-0.3, -0.25) is 0 Å². The minimum atomic E-state index is 0.879. The first-order valence-electron chi connectivity index (χ1n) is 7.79. The lowest BCUT2D eigenvalue weighted by Crippen LogP contribution is -2.29. The van der Waals surface area contributed by atoms with Gasteiger partial charge in [-0.25, -0.2) is 4.99 Å². The molecule has 0 aromatic rings. The van der Waals surface area contributed by atoms with Crippen molar-refractivity contribution in [3.05, 3.63) is 45.6 Å². The summed E-state index contributed by atoms with van der Waals surface area (Å²) >= 11 is 3.53. The molecular weight excluding hydrogens is 324 g/mol. The van der Waals surface area contributed by atoms with Crippen molar-refractivity contribution in [2.24, 2.45) is 4.99 Å². The highest BCUT2D eigenvalue weighted by atomic mass is 79.9. The molecule has 0 fully saturated rings. The van der Waals surface area contributed by atoms with E-state index in [4.69, 9.17) is 4.99 Å². The highest BCUT2D eigenvalue weighted by molar-refractivity contribution is 9.11. The van der Waals surface area contributed by atoms with E-state index in [0.717, 1.165) is 36.2 Å². The van der Waals surface area contributed by atoms with E-state index in [9.17, 15) is 0 Å². The summed E-state index contributed by atoms with van der Waals surface area (Å²) in [5.74, 6) is 1.05. The second-order valence-electron chi connectivity index (χ2n) is 5.04. The van der Waals surface area contributed by atoms with E-state index in [1.807, 2.05) is 13.0 Å². The third-order valence-electron chi connectivity index (χ3n) is 3.73. The number of rotatable bonds is 5. The lowest BCUT2D eigenvalue weighted by Gasteiger charge is -2.25. The summed E-state index contributed by atoms with van der Waals surface area (Å²) in [6.07, 6.45) is 11.9. The van der Waals surface area contributed by atoms with Crippen LogP contribution in [0, 0.1) is 0 Å². The maximum Gasteiger partial charge on any atom is 0.137 e. The van der Waals surface area contributed by atoms with Gasteiger partial charge in [0.1, 0.15) is 10.4 Å². The van der Waals surface area contributed by atoms with Crippen LogP contribution in [0.3, 0.4) is 0 Å². The van der Waals surface area contributed by atoms with Crippen LogP contribution < -0.4 is 0 Å². The number of likely N-dealkylation sites (N-methyl/N-ethyl adjacent to an activating group) is 1. The van der Waals surface area contributed by atoms with Crippen molar-refractivity contribution in [3.63, 3.8) is 0 Å². The molecule has 1 aliphatic carbocycles. The molecule has 0 aromatic heterocycles. The topological polar surface area (TPSA) is 15.6 Å². The molecule has 0 aliphatic heterocycles. The maximum absolute atomic E-state index is 4.82. The standard InChI is InChI=1S/C18H27BrN2/c1-6-14-12-10-11-13-15(7-2)17(14)18(21(5)9-4)20-16(19)8-3/h8,10,12-13H,6-7,9,11H2,1-5H3/b16-8+,20-18-. The first-order valence-corrected chi connectivity index (χ1v) is 8.59. The fraction of sp³-hybridized carbons (Fsp3) is 0.500. The molecule has 0 amide bonds. The van der Waals surface area contributed by atoms with Crippen LogP contribution in [0.4, 0.5) is 0 Å². The number of halogens is 1. The molecule has 0 N–H and O–H groups in total. The quantitative estimate of drug-likeness (QED) is 0.358. The molecule has 0 unspecified atom stereocenters. The van der Waals surface area contributed by atoms with E-state index in [-0.39, 0.29) is 0 Å². The van der Waals surface area contributed by atoms with Gasteiger partial charge in [0.05, 0.1) is 0 Å². The van der Waals surface area contributed by atoms with E-state index >= 15 is 0 Å². The molecule has 0 heterocycles. The predicted molar refractivity (Wildman–Crippen MR) is 97.9 cm³/mol. The van der Waals surface area contributed by atoms with Crippen molar-refractivity contribution in [1.82, 2.24) is 4.90 Å². The van der Waals surface area contributed by atoms with Crippen molar-refractivity contribution in [1.29, 1.82) is 0 Å². The van der Waals surface area contributed by atoms with Crippen LogP contribution in [0.25, 0.3) is 0 Å². The summed E-state index contributed by atoms with van der Waals surface area (Å²) in [6.45, 7) is 9.53. The van der Waals surface area contributed by atoms with Gasteiger partial charge >= 0.3 is 0 Å². The van der Waals surface area contributed by atoms with Gasteiger partial charge in [-0.05, 0) is 60.2 Å². The van der Waals surface area contributed by atoms with Crippen molar-refractivity contribution in [2.75, 3.05) is 13.6 Å². The summed E-state index contributed by atoms with van der Waals surface area (Å²) in [5, 5.41) is 0. The predicted octanol–water partition coefficient (Wildman–Crippen LogP) is 5.60. The Hall–Kier alpha value is -1.09. The SMILES string of the molecule is C/C=C(Br)/N=C(/C1=C(CC)C=CCC=C1CC)N(C)CC. The maximum atomic E-state index is 4.82. The van der Waals surface area contributed by atoms with Gasteiger partial charge in [-0.15, -0.1) is 0 Å². The first kappa shape index (κ1) is 18.0. The molecule has 116 valence electrons. The van der Waals surface area contributed by atoms with Crippen LogP contribution >= 0.6 is 15.9 Å². The van der Waals surface area contributed by atoms with E-state index in [0.29, 0.717) is 0 Å². The lowest BCUT2D eigenvalue weighted by atomic mass is 9.95. The number of amidine groups is 1. The average molecular weight is 351 g/mol. The second-order valence-corrected chi connectivity index (χ2v) is 5.85. The number of aliphatic imine (C=N–C) groups is 1. The molecule has 0 radical (unpaired) electrons. The van der Waals surface area contributed by atoms with E-state index < -0.39 is 0 Å². The molecule has 1 aliphatic rings. The first-order chi connectivity index (χ1) is 10.1. The number of allylic oxidation sites excluding steroid dienone is 5. The highest BCUT2D eigenvalue weighted by Gasteiger charge is 2.19. The third kappa shape index (κ3) is 4.70. The number of hydrogen-bond donors (Lipinski definition) is 0. The van der Waals surface area contributed by atoms with E-state index in [1.54, 1.807) is 0 Å². The summed E-state index contributed by atoms with van der Waals surface area (Å²) < 4.78 is 0.879. The van der Waals surface area contributed by atoms with Gasteiger partial charge in [-0.1, -0.05) is 38.2 Å². The Balaban J connectivity index is 3.52. The second kappa shape index (κ2) is 9.04. The summed E-state index contributed by atoms with van der Waals surface area (Å²) in [6, 6.07) is 0. The zero-order valence-corrected chi connectivity index (χ0v) is 15.5. The summed E-state index contributed by atoms with van der Waals surface area (Å²) in [5.41, 5.74) is 4.07. The number of nitrogens with zero attached hydrogens (tertiary/aromatic N) is 2. The Bertz CT molecular complexity index is 507. The smallest absolute Gasteiger partial charge is 0.137 e. The third-order valence-corrected chi connectivity index (χ3v) is 4.37. The Morgan fingerprint density at radius 1 is 1.33 bits per heavy atom. The van der Waals surface area contributed by atoms with Crippen LogP contribution in [0.2, 0.25) is 0 Å². The Labute approximate surface area is 138 Å². The molecule has 0 spiro atoms. The van der Waals surface area contributed by atoms with Crippen molar-refractivity contribution < 1.29 is 0 Å². The van der Waals surface area contributed by atoms with Crippen LogP contribution in [0.5, 0.6) is 0 Å². The van der Waals surface area contributed by atoms with Gasteiger partial charge in [0, 0.05) is 19.2 Å². The lowest BCUT2D eigenvalue weighted by molar-refractivity contribution is 0.535. The molecule has 0 atom stereocenters. The van der Waals surface area contributed by atoms with Gasteiger partial charge in [0.15, 0.2) is 0 Å². The fourth-order valence-corrected chi connectivity index (χ4v) is 2.53. The zero-order valence-electron chi connectivity index (χ0n) is 13.9. The summed E-state index contributed by atoms with van der Waals surface area (Å²) in [7, 11) is 2.11. The molecule has 3 heteroatoms. The monoisotopic (exact) mass is 350 g/mol. The minimum Gasteiger partial charge on any atom is -0.359 e. The van der Waals surface area contributed by atoms with Crippen molar-refractivity contribution in [2.45, 2.75) is 47.0 Å². The largest absolute Gasteiger partial charge is 0.359 e. The van der Waals surface area contributed by atoms with Gasteiger partial charge < -0.3 is 4.90 Å². The molecule has 0 aromatic carbocycles. The van der Waals surface area contributed by atoms with Crippen LogP contribution in [-0.2, 0) is 0 Å². The van der Waals surface area contributed by atoms with E-state index in [2.05, 4.69) is 66.9 Å². The summed E-state index contributed by atoms with van der Waals surface area (Å²) in [4.78, 5) is 7.04. The van der Waals surface area contributed by atoms with Gasteiger partial charge in [0.25, 0.3) is 0 Å².